The maximum atomic E-state index is 12.5. The van der Waals surface area contributed by atoms with Gasteiger partial charge < -0.3 is 10.4 Å². The molecule has 2 aromatic rings. The van der Waals surface area contributed by atoms with Crippen LogP contribution < -0.4 is 5.32 Å². The number of nitrogens with zero attached hydrogens (tertiary/aromatic N) is 1. The molecule has 0 bridgehead atoms. The van der Waals surface area contributed by atoms with Gasteiger partial charge in [0.05, 0.1) is 10.9 Å². The summed E-state index contributed by atoms with van der Waals surface area (Å²) < 4.78 is 27.2. The molecule has 1 aliphatic heterocycles. The summed E-state index contributed by atoms with van der Waals surface area (Å²) in [7, 11) is -0.404. The lowest BCUT2D eigenvalue weighted by atomic mass is 9.77. The molecule has 4 rings (SSSR count). The van der Waals surface area contributed by atoms with Crippen molar-refractivity contribution in [1.82, 2.24) is 4.31 Å². The van der Waals surface area contributed by atoms with Gasteiger partial charge in [0.1, 0.15) is 5.75 Å². The monoisotopic (exact) mass is 448 g/mol. The third-order valence-corrected chi connectivity index (χ3v) is 7.74. The highest BCUT2D eigenvalue weighted by molar-refractivity contribution is 9.10. The van der Waals surface area contributed by atoms with Crippen LogP contribution in [0.25, 0.3) is 0 Å². The van der Waals surface area contributed by atoms with Gasteiger partial charge in [-0.05, 0) is 54.3 Å². The third-order valence-electron chi connectivity index (χ3n) is 5.44. The Morgan fingerprint density at radius 3 is 2.67 bits per heavy atom. The quantitative estimate of drug-likeness (QED) is 0.689. The molecule has 0 amide bonds. The van der Waals surface area contributed by atoms with Crippen molar-refractivity contribution in [1.29, 1.82) is 0 Å². The Morgan fingerprint density at radius 1 is 1.15 bits per heavy atom. The van der Waals surface area contributed by atoms with Crippen LogP contribution in [0.3, 0.4) is 0 Å². The van der Waals surface area contributed by atoms with Gasteiger partial charge in [-0.3, -0.25) is 0 Å². The number of sulfonamides is 1. The molecule has 5 nitrogen and oxygen atoms in total. The number of rotatable bonds is 3. The molecule has 2 aromatic carbocycles. The van der Waals surface area contributed by atoms with E-state index in [4.69, 9.17) is 0 Å². The van der Waals surface area contributed by atoms with Crippen molar-refractivity contribution in [3.05, 3.63) is 64.1 Å². The van der Waals surface area contributed by atoms with Crippen LogP contribution in [0.1, 0.15) is 29.5 Å². The predicted octanol–water partition coefficient (Wildman–Crippen LogP) is 4.23. The second-order valence-electron chi connectivity index (χ2n) is 7.22. The van der Waals surface area contributed by atoms with Crippen molar-refractivity contribution >= 4 is 31.6 Å². The average molecular weight is 449 g/mol. The van der Waals surface area contributed by atoms with E-state index >= 15 is 0 Å². The normalized spacial score (nSPS) is 23.8. The lowest BCUT2D eigenvalue weighted by Crippen LogP contribution is -2.30. The van der Waals surface area contributed by atoms with Gasteiger partial charge in [0.25, 0.3) is 0 Å². The van der Waals surface area contributed by atoms with Crippen LogP contribution in [-0.2, 0) is 10.0 Å². The molecule has 1 aliphatic carbocycles. The number of phenols is 1. The smallest absolute Gasteiger partial charge is 0.242 e. The molecule has 142 valence electrons. The summed E-state index contributed by atoms with van der Waals surface area (Å²) >= 11 is 3.49. The first-order valence-corrected chi connectivity index (χ1v) is 11.0. The van der Waals surface area contributed by atoms with Crippen molar-refractivity contribution in [2.24, 2.45) is 5.92 Å². The van der Waals surface area contributed by atoms with Crippen LogP contribution in [0.4, 0.5) is 5.69 Å². The molecule has 0 aromatic heterocycles. The fourth-order valence-corrected chi connectivity index (χ4v) is 5.34. The fraction of sp³-hybridized carbons (Fsp3) is 0.300. The zero-order valence-corrected chi connectivity index (χ0v) is 17.5. The topological polar surface area (TPSA) is 69.6 Å². The predicted molar refractivity (Wildman–Crippen MR) is 109 cm³/mol. The Bertz CT molecular complexity index is 1030. The van der Waals surface area contributed by atoms with Crippen molar-refractivity contribution in [3.8, 4) is 5.75 Å². The Hall–Kier alpha value is -1.83. The number of hydrogen-bond acceptors (Lipinski definition) is 4. The number of aromatic hydroxyl groups is 1. The summed E-state index contributed by atoms with van der Waals surface area (Å²) in [4.78, 5) is 0.302. The number of allylic oxidation sites excluding steroid dienone is 2. The molecule has 2 N–H and O–H groups in total. The number of benzene rings is 2. The molecule has 7 heteroatoms. The summed E-state index contributed by atoms with van der Waals surface area (Å²) in [6.45, 7) is 0. The summed E-state index contributed by atoms with van der Waals surface area (Å²) in [5.41, 5.74) is 2.74. The lowest BCUT2D eigenvalue weighted by molar-refractivity contribution is 0.402. The Kier molecular flexibility index (Phi) is 4.56. The van der Waals surface area contributed by atoms with Gasteiger partial charge in [-0.2, -0.15) is 0 Å². The standard InChI is InChI=1S/C20H21BrN2O3S/c1-23(2)27(25,26)13-7-8-18-16(11-13)14-4-3-5-15(14)20(22-18)17-10-12(21)6-9-19(17)24/h3-4,6-11,14-15,20,22,24H,5H2,1-2H3. The molecule has 2 aliphatic rings. The van der Waals surface area contributed by atoms with E-state index in [9.17, 15) is 13.5 Å². The van der Waals surface area contributed by atoms with E-state index in [1.54, 1.807) is 18.2 Å². The van der Waals surface area contributed by atoms with Crippen LogP contribution in [0.15, 0.2) is 57.9 Å². The van der Waals surface area contributed by atoms with E-state index in [1.807, 2.05) is 18.2 Å². The molecule has 27 heavy (non-hydrogen) atoms. The Morgan fingerprint density at radius 2 is 1.93 bits per heavy atom. The van der Waals surface area contributed by atoms with Gasteiger partial charge in [0.2, 0.25) is 10.0 Å². The Labute approximate surface area is 167 Å². The molecule has 1 heterocycles. The fourth-order valence-electron chi connectivity index (χ4n) is 4.03. The van der Waals surface area contributed by atoms with Gasteiger partial charge in [0, 0.05) is 35.7 Å². The third kappa shape index (κ3) is 3.07. The lowest BCUT2D eigenvalue weighted by Gasteiger charge is -2.38. The first kappa shape index (κ1) is 18.5. The number of hydrogen-bond donors (Lipinski definition) is 2. The molecule has 0 saturated heterocycles. The van der Waals surface area contributed by atoms with Gasteiger partial charge >= 0.3 is 0 Å². The van der Waals surface area contributed by atoms with Crippen LogP contribution in [0, 0.1) is 5.92 Å². The zero-order chi connectivity index (χ0) is 19.3. The second kappa shape index (κ2) is 6.65. The number of anilines is 1. The van der Waals surface area contributed by atoms with E-state index in [0.29, 0.717) is 4.90 Å². The molecule has 0 saturated carbocycles. The molecular formula is C20H21BrN2O3S. The number of halogens is 1. The largest absolute Gasteiger partial charge is 0.508 e. The second-order valence-corrected chi connectivity index (χ2v) is 10.3. The van der Waals surface area contributed by atoms with Crippen LogP contribution >= 0.6 is 15.9 Å². The zero-order valence-electron chi connectivity index (χ0n) is 15.1. The molecular weight excluding hydrogens is 428 g/mol. The molecule has 3 atom stereocenters. The SMILES string of the molecule is CN(C)S(=O)(=O)c1ccc2c(c1)C1C=CCC1C(c1cc(Br)ccc1O)N2. The minimum absolute atomic E-state index is 0.0497. The summed E-state index contributed by atoms with van der Waals surface area (Å²) in [5, 5.41) is 13.9. The molecule has 0 radical (unpaired) electrons. The van der Waals surface area contributed by atoms with E-state index < -0.39 is 10.0 Å². The minimum Gasteiger partial charge on any atom is -0.508 e. The van der Waals surface area contributed by atoms with Crippen molar-refractivity contribution in [3.63, 3.8) is 0 Å². The highest BCUT2D eigenvalue weighted by Crippen LogP contribution is 2.51. The maximum absolute atomic E-state index is 12.5. The molecule has 0 spiro atoms. The first-order valence-electron chi connectivity index (χ1n) is 8.77. The van der Waals surface area contributed by atoms with Crippen molar-refractivity contribution in [2.75, 3.05) is 19.4 Å². The van der Waals surface area contributed by atoms with Gasteiger partial charge in [-0.25, -0.2) is 12.7 Å². The van der Waals surface area contributed by atoms with E-state index in [0.717, 1.165) is 27.7 Å². The van der Waals surface area contributed by atoms with Crippen LogP contribution in [0.2, 0.25) is 0 Å². The number of nitrogens with one attached hydrogen (secondary N) is 1. The average Bonchev–Trinajstić information content (AvgIpc) is 3.12. The van der Waals surface area contributed by atoms with Gasteiger partial charge in [-0.15, -0.1) is 0 Å². The minimum atomic E-state index is -3.48. The summed E-state index contributed by atoms with van der Waals surface area (Å²) in [6.07, 6.45) is 5.16. The Balaban J connectivity index is 1.80. The summed E-state index contributed by atoms with van der Waals surface area (Å²) in [6, 6.07) is 10.7. The van der Waals surface area contributed by atoms with Crippen LogP contribution in [-0.4, -0.2) is 31.9 Å². The van der Waals surface area contributed by atoms with E-state index in [2.05, 4.69) is 33.4 Å². The first-order chi connectivity index (χ1) is 12.8. The van der Waals surface area contributed by atoms with E-state index in [-0.39, 0.29) is 23.6 Å². The van der Waals surface area contributed by atoms with Gasteiger partial charge in [0.15, 0.2) is 0 Å². The van der Waals surface area contributed by atoms with E-state index in [1.165, 1.54) is 18.4 Å². The van der Waals surface area contributed by atoms with Crippen LogP contribution in [0.5, 0.6) is 5.75 Å². The highest BCUT2D eigenvalue weighted by atomic mass is 79.9. The summed E-state index contributed by atoms with van der Waals surface area (Å²) in [5.74, 6) is 0.591. The highest BCUT2D eigenvalue weighted by Gasteiger charge is 2.39. The van der Waals surface area contributed by atoms with Gasteiger partial charge in [-0.1, -0.05) is 28.1 Å². The molecule has 0 fully saturated rings. The molecule has 3 unspecified atom stereocenters. The van der Waals surface area contributed by atoms with Crippen molar-refractivity contribution < 1.29 is 13.5 Å². The number of phenolic OH excluding ortho intramolecular Hbond substituents is 1. The van der Waals surface area contributed by atoms with Crippen molar-refractivity contribution in [2.45, 2.75) is 23.3 Å². The maximum Gasteiger partial charge on any atom is 0.242 e. The number of fused-ring (bicyclic) bond motifs is 3.